The van der Waals surface area contributed by atoms with Gasteiger partial charge in [-0.05, 0) is 12.1 Å². The molecule has 0 aliphatic carbocycles. The van der Waals surface area contributed by atoms with E-state index < -0.39 is 0 Å². The highest BCUT2D eigenvalue weighted by atomic mass is 16.5. The third kappa shape index (κ3) is 1.70. The first-order valence-corrected chi connectivity index (χ1v) is 4.73. The molecule has 14 heavy (non-hydrogen) atoms. The molecule has 1 saturated heterocycles. The first-order valence-electron chi connectivity index (χ1n) is 4.73. The van der Waals surface area contributed by atoms with Crippen LogP contribution in [0.4, 0.5) is 5.69 Å². The lowest BCUT2D eigenvalue weighted by molar-refractivity contribution is 0.122. The van der Waals surface area contributed by atoms with Gasteiger partial charge in [-0.3, -0.25) is 0 Å². The molecule has 1 heterocycles. The van der Waals surface area contributed by atoms with E-state index in [1.165, 1.54) is 0 Å². The second kappa shape index (κ2) is 4.12. The molecule has 3 nitrogen and oxygen atoms in total. The van der Waals surface area contributed by atoms with E-state index in [-0.39, 0.29) is 0 Å². The number of rotatable bonds is 1. The lowest BCUT2D eigenvalue weighted by atomic mass is 10.1. The van der Waals surface area contributed by atoms with E-state index in [0.717, 1.165) is 37.6 Å². The first kappa shape index (κ1) is 9.04. The zero-order valence-electron chi connectivity index (χ0n) is 7.94. The molecule has 3 heteroatoms. The molecular formula is C11H12N2O. The average molecular weight is 188 g/mol. The second-order valence-corrected chi connectivity index (χ2v) is 3.23. The Morgan fingerprint density at radius 3 is 2.64 bits per heavy atom. The summed E-state index contributed by atoms with van der Waals surface area (Å²) >= 11 is 0. The fraction of sp³-hybridized carbons (Fsp3) is 0.364. The van der Waals surface area contributed by atoms with Crippen molar-refractivity contribution in [1.29, 1.82) is 5.26 Å². The lowest BCUT2D eigenvalue weighted by Crippen LogP contribution is -2.36. The molecule has 2 rings (SSSR count). The minimum atomic E-state index is 0.745. The third-order valence-corrected chi connectivity index (χ3v) is 2.38. The van der Waals surface area contributed by atoms with Crippen LogP contribution < -0.4 is 4.90 Å². The number of benzene rings is 1. The van der Waals surface area contributed by atoms with Gasteiger partial charge in [-0.15, -0.1) is 0 Å². The van der Waals surface area contributed by atoms with Crippen molar-refractivity contribution in [2.45, 2.75) is 0 Å². The molecule has 1 aromatic carbocycles. The largest absolute Gasteiger partial charge is 0.378 e. The van der Waals surface area contributed by atoms with Crippen molar-refractivity contribution in [1.82, 2.24) is 0 Å². The summed E-state index contributed by atoms with van der Waals surface area (Å²) in [6.07, 6.45) is 0. The summed E-state index contributed by atoms with van der Waals surface area (Å²) in [5.41, 5.74) is 1.77. The van der Waals surface area contributed by atoms with Crippen LogP contribution in [0.25, 0.3) is 0 Å². The van der Waals surface area contributed by atoms with Gasteiger partial charge in [0.1, 0.15) is 6.07 Å². The van der Waals surface area contributed by atoms with E-state index in [1.54, 1.807) is 0 Å². The van der Waals surface area contributed by atoms with Gasteiger partial charge in [-0.2, -0.15) is 5.26 Å². The van der Waals surface area contributed by atoms with Crippen molar-refractivity contribution >= 4 is 5.69 Å². The number of nitrogens with zero attached hydrogens (tertiary/aromatic N) is 2. The van der Waals surface area contributed by atoms with Crippen molar-refractivity contribution in [3.05, 3.63) is 29.8 Å². The van der Waals surface area contributed by atoms with Crippen LogP contribution in [0.5, 0.6) is 0 Å². The maximum absolute atomic E-state index is 8.94. The molecule has 0 saturated carbocycles. The fourth-order valence-electron chi connectivity index (χ4n) is 1.65. The molecule has 1 aliphatic rings. The Morgan fingerprint density at radius 2 is 1.93 bits per heavy atom. The van der Waals surface area contributed by atoms with Gasteiger partial charge in [0.25, 0.3) is 0 Å². The standard InChI is InChI=1S/C11H12N2O/c12-9-10-3-1-2-4-11(10)13-5-7-14-8-6-13/h1-4H,5-8H2. The highest BCUT2D eigenvalue weighted by Gasteiger charge is 2.13. The van der Waals surface area contributed by atoms with Crippen molar-refractivity contribution < 1.29 is 4.74 Å². The first-order chi connectivity index (χ1) is 6.92. The predicted molar refractivity (Wildman–Crippen MR) is 54.2 cm³/mol. The van der Waals surface area contributed by atoms with Crippen LogP contribution in [0.1, 0.15) is 5.56 Å². The molecule has 1 aliphatic heterocycles. The van der Waals surface area contributed by atoms with E-state index in [9.17, 15) is 0 Å². The molecule has 0 aromatic heterocycles. The van der Waals surface area contributed by atoms with E-state index in [4.69, 9.17) is 10.00 Å². The van der Waals surface area contributed by atoms with Gasteiger partial charge in [0.05, 0.1) is 24.5 Å². The molecule has 0 bridgehead atoms. The maximum Gasteiger partial charge on any atom is 0.101 e. The number of ether oxygens (including phenoxy) is 1. The predicted octanol–water partition coefficient (Wildman–Crippen LogP) is 1.39. The molecule has 0 spiro atoms. The number of morpholine rings is 1. The van der Waals surface area contributed by atoms with Gasteiger partial charge >= 0.3 is 0 Å². The second-order valence-electron chi connectivity index (χ2n) is 3.23. The number of para-hydroxylation sites is 1. The van der Waals surface area contributed by atoms with Crippen molar-refractivity contribution in [3.63, 3.8) is 0 Å². The Kier molecular flexibility index (Phi) is 2.66. The molecular weight excluding hydrogens is 176 g/mol. The molecule has 0 unspecified atom stereocenters. The van der Waals surface area contributed by atoms with Crippen LogP contribution in [0, 0.1) is 11.3 Å². The van der Waals surface area contributed by atoms with Crippen LogP contribution in [0.2, 0.25) is 0 Å². The summed E-state index contributed by atoms with van der Waals surface area (Å²) in [4.78, 5) is 2.20. The summed E-state index contributed by atoms with van der Waals surface area (Å²) in [5, 5.41) is 8.94. The SMILES string of the molecule is N#Cc1ccccc1N1CCOCC1. The molecule has 0 radical (unpaired) electrons. The van der Waals surface area contributed by atoms with Crippen LogP contribution in [0.3, 0.4) is 0 Å². The number of anilines is 1. The third-order valence-electron chi connectivity index (χ3n) is 2.38. The van der Waals surface area contributed by atoms with Crippen molar-refractivity contribution in [2.24, 2.45) is 0 Å². The zero-order chi connectivity index (χ0) is 9.80. The average Bonchev–Trinajstić information content (AvgIpc) is 2.30. The Morgan fingerprint density at radius 1 is 1.21 bits per heavy atom. The van der Waals surface area contributed by atoms with Crippen LogP contribution in [-0.4, -0.2) is 26.3 Å². The van der Waals surface area contributed by atoms with Gasteiger partial charge < -0.3 is 9.64 Å². The summed E-state index contributed by atoms with van der Waals surface area (Å²) in [5.74, 6) is 0. The summed E-state index contributed by atoms with van der Waals surface area (Å²) in [6.45, 7) is 3.25. The topological polar surface area (TPSA) is 36.3 Å². The number of hydrogen-bond donors (Lipinski definition) is 0. The van der Waals surface area contributed by atoms with Gasteiger partial charge in [-0.1, -0.05) is 12.1 Å². The Balaban J connectivity index is 2.26. The summed E-state index contributed by atoms with van der Waals surface area (Å²) < 4.78 is 5.27. The quantitative estimate of drug-likeness (QED) is 0.668. The van der Waals surface area contributed by atoms with Gasteiger partial charge in [-0.25, -0.2) is 0 Å². The highest BCUT2D eigenvalue weighted by molar-refractivity contribution is 5.59. The Hall–Kier alpha value is -1.53. The summed E-state index contributed by atoms with van der Waals surface area (Å²) in [7, 11) is 0. The Labute approximate surface area is 83.5 Å². The van der Waals surface area contributed by atoms with Gasteiger partial charge in [0.15, 0.2) is 0 Å². The lowest BCUT2D eigenvalue weighted by Gasteiger charge is -2.29. The van der Waals surface area contributed by atoms with Crippen molar-refractivity contribution in [3.8, 4) is 6.07 Å². The molecule has 0 atom stereocenters. The van der Waals surface area contributed by atoms with Crippen LogP contribution in [-0.2, 0) is 4.74 Å². The van der Waals surface area contributed by atoms with E-state index in [2.05, 4.69) is 11.0 Å². The molecule has 0 amide bonds. The molecule has 1 aromatic rings. The molecule has 0 N–H and O–H groups in total. The smallest absolute Gasteiger partial charge is 0.101 e. The minimum Gasteiger partial charge on any atom is -0.378 e. The monoisotopic (exact) mass is 188 g/mol. The maximum atomic E-state index is 8.94. The molecule has 72 valence electrons. The van der Waals surface area contributed by atoms with Crippen LogP contribution in [0.15, 0.2) is 24.3 Å². The van der Waals surface area contributed by atoms with E-state index >= 15 is 0 Å². The fourth-order valence-corrected chi connectivity index (χ4v) is 1.65. The molecule has 1 fully saturated rings. The van der Waals surface area contributed by atoms with Crippen LogP contribution >= 0.6 is 0 Å². The summed E-state index contributed by atoms with van der Waals surface area (Å²) in [6, 6.07) is 9.91. The van der Waals surface area contributed by atoms with Gasteiger partial charge in [0, 0.05) is 13.1 Å². The van der Waals surface area contributed by atoms with Crippen molar-refractivity contribution in [2.75, 3.05) is 31.2 Å². The van der Waals surface area contributed by atoms with Gasteiger partial charge in [0.2, 0.25) is 0 Å². The van der Waals surface area contributed by atoms with E-state index in [0.29, 0.717) is 0 Å². The zero-order valence-corrected chi connectivity index (χ0v) is 7.94. The normalized spacial score (nSPS) is 16.4. The minimum absolute atomic E-state index is 0.745. The Bertz CT molecular complexity index is 351. The number of hydrogen-bond acceptors (Lipinski definition) is 3. The van der Waals surface area contributed by atoms with E-state index in [1.807, 2.05) is 24.3 Å². The number of nitriles is 1. The highest BCUT2D eigenvalue weighted by Crippen LogP contribution is 2.20.